The Morgan fingerprint density at radius 2 is 1.87 bits per heavy atom. The number of nitrogens with zero attached hydrogens (tertiary/aromatic N) is 1. The predicted molar refractivity (Wildman–Crippen MR) is 91.9 cm³/mol. The smallest absolute Gasteiger partial charge is 0.161 e. The van der Waals surface area contributed by atoms with Crippen molar-refractivity contribution in [3.63, 3.8) is 0 Å². The van der Waals surface area contributed by atoms with Crippen LogP contribution in [0.5, 0.6) is 11.5 Å². The van der Waals surface area contributed by atoms with E-state index >= 15 is 0 Å². The second-order valence-electron chi connectivity index (χ2n) is 6.65. The first-order chi connectivity index (χ1) is 11.0. The van der Waals surface area contributed by atoms with Crippen molar-refractivity contribution in [2.75, 3.05) is 27.3 Å². The molecule has 2 aliphatic heterocycles. The Hall–Kier alpha value is -2.10. The molecule has 2 heterocycles. The fourth-order valence-corrected chi connectivity index (χ4v) is 3.45. The number of fused-ring (bicyclic) bond motifs is 3. The number of hydrogen-bond acceptors (Lipinski definition) is 4. The number of aliphatic hydroxyl groups is 1. The zero-order chi connectivity index (χ0) is 16.6. The molecule has 0 radical (unpaired) electrons. The third kappa shape index (κ3) is 2.90. The third-order valence-corrected chi connectivity index (χ3v) is 4.55. The van der Waals surface area contributed by atoms with Crippen LogP contribution in [0.2, 0.25) is 0 Å². The van der Waals surface area contributed by atoms with Gasteiger partial charge >= 0.3 is 0 Å². The van der Waals surface area contributed by atoms with Crippen molar-refractivity contribution in [3.05, 3.63) is 40.7 Å². The molecule has 4 nitrogen and oxygen atoms in total. The van der Waals surface area contributed by atoms with Gasteiger partial charge in [-0.15, -0.1) is 0 Å². The SMILES string of the molecule is COc1cc2c(cc1OC)C1=CC(O)=C(CC(C)C)CN1CC2. The van der Waals surface area contributed by atoms with Gasteiger partial charge in [0.25, 0.3) is 0 Å². The summed E-state index contributed by atoms with van der Waals surface area (Å²) in [5.74, 6) is 2.46. The lowest BCUT2D eigenvalue weighted by Gasteiger charge is -2.37. The predicted octanol–water partition coefficient (Wildman–Crippen LogP) is 3.77. The van der Waals surface area contributed by atoms with Crippen molar-refractivity contribution in [2.24, 2.45) is 5.92 Å². The van der Waals surface area contributed by atoms with E-state index in [0.717, 1.165) is 54.3 Å². The molecule has 0 saturated carbocycles. The van der Waals surface area contributed by atoms with Crippen molar-refractivity contribution in [1.29, 1.82) is 0 Å². The fraction of sp³-hybridized carbons (Fsp3) is 0.474. The molecule has 0 fully saturated rings. The highest BCUT2D eigenvalue weighted by Crippen LogP contribution is 2.40. The molecular formula is C19H25NO3. The van der Waals surface area contributed by atoms with Crippen molar-refractivity contribution in [3.8, 4) is 11.5 Å². The summed E-state index contributed by atoms with van der Waals surface area (Å²) in [5, 5.41) is 10.4. The van der Waals surface area contributed by atoms with Gasteiger partial charge in [-0.25, -0.2) is 0 Å². The van der Waals surface area contributed by atoms with Crippen LogP contribution in [0.1, 0.15) is 31.4 Å². The van der Waals surface area contributed by atoms with Gasteiger partial charge < -0.3 is 19.5 Å². The number of hydrogen-bond donors (Lipinski definition) is 1. The molecule has 3 rings (SSSR count). The molecule has 4 heteroatoms. The molecule has 0 saturated heterocycles. The zero-order valence-electron chi connectivity index (χ0n) is 14.3. The lowest BCUT2D eigenvalue weighted by Crippen LogP contribution is -2.34. The van der Waals surface area contributed by atoms with E-state index in [4.69, 9.17) is 9.47 Å². The van der Waals surface area contributed by atoms with E-state index in [-0.39, 0.29) is 0 Å². The highest BCUT2D eigenvalue weighted by Gasteiger charge is 2.28. The molecule has 0 unspecified atom stereocenters. The van der Waals surface area contributed by atoms with E-state index in [2.05, 4.69) is 24.8 Å². The average molecular weight is 315 g/mol. The van der Waals surface area contributed by atoms with E-state index in [1.54, 1.807) is 14.2 Å². The van der Waals surface area contributed by atoms with Gasteiger partial charge in [0.05, 0.1) is 14.2 Å². The molecule has 124 valence electrons. The van der Waals surface area contributed by atoms with Crippen LogP contribution in [0.3, 0.4) is 0 Å². The Kier molecular flexibility index (Phi) is 4.24. The quantitative estimate of drug-likeness (QED) is 0.918. The summed E-state index contributed by atoms with van der Waals surface area (Å²) < 4.78 is 10.8. The summed E-state index contributed by atoms with van der Waals surface area (Å²) in [6, 6.07) is 4.07. The molecule has 1 N–H and O–H groups in total. The van der Waals surface area contributed by atoms with E-state index < -0.39 is 0 Å². The van der Waals surface area contributed by atoms with E-state index in [1.807, 2.05) is 12.1 Å². The van der Waals surface area contributed by atoms with Crippen molar-refractivity contribution in [1.82, 2.24) is 4.90 Å². The monoisotopic (exact) mass is 315 g/mol. The maximum absolute atomic E-state index is 10.4. The molecular weight excluding hydrogens is 290 g/mol. The van der Waals surface area contributed by atoms with Gasteiger partial charge in [0.15, 0.2) is 11.5 Å². The van der Waals surface area contributed by atoms with Crippen LogP contribution in [0, 0.1) is 5.92 Å². The van der Waals surface area contributed by atoms with Crippen LogP contribution in [-0.2, 0) is 6.42 Å². The number of allylic oxidation sites excluding steroid dienone is 1. The van der Waals surface area contributed by atoms with Crippen LogP contribution in [0.25, 0.3) is 5.70 Å². The first-order valence-electron chi connectivity index (χ1n) is 8.16. The Morgan fingerprint density at radius 1 is 1.17 bits per heavy atom. The summed E-state index contributed by atoms with van der Waals surface area (Å²) in [7, 11) is 3.31. The van der Waals surface area contributed by atoms with Crippen LogP contribution in [-0.4, -0.2) is 37.3 Å². The highest BCUT2D eigenvalue weighted by atomic mass is 16.5. The second-order valence-corrected chi connectivity index (χ2v) is 6.65. The molecule has 1 aromatic rings. The van der Waals surface area contributed by atoms with Crippen molar-refractivity contribution < 1.29 is 14.6 Å². The normalized spacial score (nSPS) is 16.9. The van der Waals surface area contributed by atoms with Gasteiger partial charge in [-0.05, 0) is 42.0 Å². The molecule has 0 aliphatic carbocycles. The molecule has 0 bridgehead atoms. The molecule has 0 atom stereocenters. The van der Waals surface area contributed by atoms with Gasteiger partial charge in [0, 0.05) is 30.4 Å². The minimum Gasteiger partial charge on any atom is -0.508 e. The standard InChI is InChI=1S/C19H25NO3/c1-12(2)7-14-11-20-6-5-13-8-18(22-3)19(23-4)9-15(13)16(20)10-17(14)21/h8-10,12,21H,5-7,11H2,1-4H3. The van der Waals surface area contributed by atoms with Gasteiger partial charge in [-0.3, -0.25) is 0 Å². The number of aliphatic hydroxyl groups excluding tert-OH is 1. The van der Waals surface area contributed by atoms with Crippen LogP contribution in [0.4, 0.5) is 0 Å². The van der Waals surface area contributed by atoms with Crippen molar-refractivity contribution in [2.45, 2.75) is 26.7 Å². The second kappa shape index (κ2) is 6.19. The molecule has 23 heavy (non-hydrogen) atoms. The number of rotatable bonds is 4. The lowest BCUT2D eigenvalue weighted by molar-refractivity contribution is 0.347. The summed E-state index contributed by atoms with van der Waals surface area (Å²) in [6.07, 6.45) is 3.82. The Labute approximate surface area is 138 Å². The first-order valence-corrected chi connectivity index (χ1v) is 8.16. The Bertz CT molecular complexity index is 673. The van der Waals surface area contributed by atoms with Crippen LogP contribution < -0.4 is 9.47 Å². The number of methoxy groups -OCH3 is 2. The minimum atomic E-state index is 0.424. The van der Waals surface area contributed by atoms with E-state index in [0.29, 0.717) is 11.7 Å². The Morgan fingerprint density at radius 3 is 2.52 bits per heavy atom. The summed E-state index contributed by atoms with van der Waals surface area (Å²) >= 11 is 0. The maximum atomic E-state index is 10.4. The number of benzene rings is 1. The average Bonchev–Trinajstić information content (AvgIpc) is 2.53. The lowest BCUT2D eigenvalue weighted by atomic mass is 9.90. The molecule has 1 aromatic carbocycles. The van der Waals surface area contributed by atoms with Crippen molar-refractivity contribution >= 4 is 5.70 Å². The fourth-order valence-electron chi connectivity index (χ4n) is 3.45. The molecule has 0 amide bonds. The summed E-state index contributed by atoms with van der Waals surface area (Å²) in [6.45, 7) is 6.14. The summed E-state index contributed by atoms with van der Waals surface area (Å²) in [5.41, 5.74) is 4.58. The highest BCUT2D eigenvalue weighted by molar-refractivity contribution is 5.74. The molecule has 2 aliphatic rings. The van der Waals surface area contributed by atoms with Gasteiger partial charge in [-0.2, -0.15) is 0 Å². The van der Waals surface area contributed by atoms with Gasteiger partial charge in [0.1, 0.15) is 5.76 Å². The van der Waals surface area contributed by atoms with E-state index in [9.17, 15) is 5.11 Å². The summed E-state index contributed by atoms with van der Waals surface area (Å²) in [4.78, 5) is 2.35. The molecule has 0 spiro atoms. The van der Waals surface area contributed by atoms with Crippen LogP contribution in [0.15, 0.2) is 29.5 Å². The van der Waals surface area contributed by atoms with Gasteiger partial charge in [0.2, 0.25) is 0 Å². The topological polar surface area (TPSA) is 41.9 Å². The first kappa shape index (κ1) is 15.8. The minimum absolute atomic E-state index is 0.424. The van der Waals surface area contributed by atoms with E-state index in [1.165, 1.54) is 5.56 Å². The number of ether oxygens (including phenoxy) is 2. The maximum Gasteiger partial charge on any atom is 0.161 e. The van der Waals surface area contributed by atoms with Crippen LogP contribution >= 0.6 is 0 Å². The third-order valence-electron chi connectivity index (χ3n) is 4.55. The Balaban J connectivity index is 2.04. The largest absolute Gasteiger partial charge is 0.508 e. The zero-order valence-corrected chi connectivity index (χ0v) is 14.3. The van der Waals surface area contributed by atoms with Gasteiger partial charge in [-0.1, -0.05) is 13.8 Å². The molecule has 0 aromatic heterocycles.